The molecule has 0 aromatic rings. The van der Waals surface area contributed by atoms with Gasteiger partial charge in [-0.3, -0.25) is 14.4 Å². The average molecular weight is 495 g/mol. The SMILES string of the molecule is CCC(C)CC(=O)OC1OC=C(COC(=O)C(OC(C)=O)C(C)C)C2=CC(OC(C)=O)C3(CO3)C21. The van der Waals surface area contributed by atoms with Gasteiger partial charge in [-0.25, -0.2) is 4.79 Å². The van der Waals surface area contributed by atoms with Gasteiger partial charge < -0.3 is 28.4 Å². The van der Waals surface area contributed by atoms with Crippen molar-refractivity contribution in [3.05, 3.63) is 23.5 Å². The van der Waals surface area contributed by atoms with Gasteiger partial charge in [0.1, 0.15) is 12.2 Å². The summed E-state index contributed by atoms with van der Waals surface area (Å²) in [5.41, 5.74) is 0.250. The number of carbonyl (C=O) groups is 4. The summed E-state index contributed by atoms with van der Waals surface area (Å²) in [6.07, 6.45) is 1.43. The number of hydrogen-bond acceptors (Lipinski definition) is 10. The number of epoxide rings is 1. The molecular weight excluding hydrogens is 460 g/mol. The molecule has 0 saturated carbocycles. The Balaban J connectivity index is 1.79. The van der Waals surface area contributed by atoms with E-state index in [1.165, 1.54) is 20.1 Å². The van der Waals surface area contributed by atoms with Gasteiger partial charge in [-0.05, 0) is 17.6 Å². The Bertz CT molecular complexity index is 913. The Hall–Kier alpha value is -2.88. The van der Waals surface area contributed by atoms with Crippen LogP contribution in [-0.4, -0.2) is 61.2 Å². The minimum absolute atomic E-state index is 0.154. The molecular formula is C25H34O10. The quantitative estimate of drug-likeness (QED) is 0.254. The Morgan fingerprint density at radius 2 is 1.80 bits per heavy atom. The van der Waals surface area contributed by atoms with Gasteiger partial charge in [0.05, 0.1) is 18.8 Å². The summed E-state index contributed by atoms with van der Waals surface area (Å²) >= 11 is 0. The van der Waals surface area contributed by atoms with Crippen molar-refractivity contribution in [2.75, 3.05) is 13.2 Å². The van der Waals surface area contributed by atoms with E-state index in [0.717, 1.165) is 6.42 Å². The van der Waals surface area contributed by atoms with Crippen LogP contribution in [0.5, 0.6) is 0 Å². The van der Waals surface area contributed by atoms with Gasteiger partial charge in [0, 0.05) is 31.8 Å². The maximum atomic E-state index is 12.6. The molecule has 1 spiro atoms. The molecule has 0 aromatic heterocycles. The highest BCUT2D eigenvalue weighted by molar-refractivity contribution is 5.79. The van der Waals surface area contributed by atoms with E-state index < -0.39 is 53.9 Å². The molecule has 0 amide bonds. The Morgan fingerprint density at radius 3 is 2.34 bits per heavy atom. The molecule has 1 fully saturated rings. The lowest BCUT2D eigenvalue weighted by atomic mass is 9.85. The van der Waals surface area contributed by atoms with E-state index in [1.807, 2.05) is 13.8 Å². The van der Waals surface area contributed by atoms with Gasteiger partial charge in [-0.15, -0.1) is 0 Å². The molecule has 2 aliphatic heterocycles. The molecule has 0 radical (unpaired) electrons. The lowest BCUT2D eigenvalue weighted by molar-refractivity contribution is -0.186. The second kappa shape index (κ2) is 10.8. The molecule has 194 valence electrons. The molecule has 3 aliphatic rings. The minimum Gasteiger partial charge on any atom is -0.461 e. The third-order valence-corrected chi connectivity index (χ3v) is 6.39. The van der Waals surface area contributed by atoms with Crippen LogP contribution in [0.2, 0.25) is 0 Å². The number of esters is 4. The van der Waals surface area contributed by atoms with Crippen LogP contribution in [-0.2, 0) is 47.6 Å². The van der Waals surface area contributed by atoms with Crippen LogP contribution in [0.3, 0.4) is 0 Å². The van der Waals surface area contributed by atoms with E-state index >= 15 is 0 Å². The van der Waals surface area contributed by atoms with Crippen LogP contribution >= 0.6 is 0 Å². The van der Waals surface area contributed by atoms with Crippen molar-refractivity contribution in [1.29, 1.82) is 0 Å². The van der Waals surface area contributed by atoms with Crippen LogP contribution in [0.4, 0.5) is 0 Å². The van der Waals surface area contributed by atoms with Gasteiger partial charge in [-0.1, -0.05) is 34.1 Å². The predicted molar refractivity (Wildman–Crippen MR) is 120 cm³/mol. The molecule has 3 rings (SSSR count). The fraction of sp³-hybridized carbons (Fsp3) is 0.680. The van der Waals surface area contributed by atoms with Crippen LogP contribution in [0.15, 0.2) is 23.5 Å². The van der Waals surface area contributed by atoms with Crippen LogP contribution in [0.1, 0.15) is 54.4 Å². The van der Waals surface area contributed by atoms with Crippen molar-refractivity contribution >= 4 is 23.9 Å². The van der Waals surface area contributed by atoms with E-state index in [1.54, 1.807) is 19.9 Å². The van der Waals surface area contributed by atoms with Crippen LogP contribution < -0.4 is 0 Å². The standard InChI is InChI=1S/C25H34O10/c1-7-14(4)8-20(28)35-24-21-18(9-19(33-15(5)26)25(21)12-32-25)17(11-31-24)10-30-23(29)22(13(2)3)34-16(6)27/h9,11,13-14,19,21-22,24H,7-8,10,12H2,1-6H3. The summed E-state index contributed by atoms with van der Waals surface area (Å²) in [6.45, 7) is 10.1. The van der Waals surface area contributed by atoms with E-state index in [-0.39, 0.29) is 31.5 Å². The number of rotatable bonds is 10. The van der Waals surface area contributed by atoms with Crippen molar-refractivity contribution in [2.45, 2.75) is 78.5 Å². The largest absolute Gasteiger partial charge is 0.461 e. The van der Waals surface area contributed by atoms with Gasteiger partial charge in [0.2, 0.25) is 6.10 Å². The molecule has 0 aromatic carbocycles. The monoisotopic (exact) mass is 494 g/mol. The van der Waals surface area contributed by atoms with Crippen molar-refractivity contribution in [1.82, 2.24) is 0 Å². The molecule has 1 aliphatic carbocycles. The maximum Gasteiger partial charge on any atom is 0.348 e. The van der Waals surface area contributed by atoms with Crippen molar-refractivity contribution in [2.24, 2.45) is 17.8 Å². The smallest absolute Gasteiger partial charge is 0.348 e. The number of hydrogen-bond donors (Lipinski definition) is 0. The second-order valence-corrected chi connectivity index (χ2v) is 9.61. The third-order valence-electron chi connectivity index (χ3n) is 6.39. The van der Waals surface area contributed by atoms with Crippen molar-refractivity contribution in [3.63, 3.8) is 0 Å². The van der Waals surface area contributed by atoms with Gasteiger partial charge in [-0.2, -0.15) is 0 Å². The zero-order valence-electron chi connectivity index (χ0n) is 21.0. The topological polar surface area (TPSA) is 127 Å². The molecule has 6 unspecified atom stereocenters. The Morgan fingerprint density at radius 1 is 1.11 bits per heavy atom. The summed E-state index contributed by atoms with van der Waals surface area (Å²) in [7, 11) is 0. The maximum absolute atomic E-state index is 12.6. The number of fused-ring (bicyclic) bond motifs is 2. The van der Waals surface area contributed by atoms with E-state index in [4.69, 9.17) is 28.4 Å². The summed E-state index contributed by atoms with van der Waals surface area (Å²) in [6, 6.07) is 0. The van der Waals surface area contributed by atoms with E-state index in [9.17, 15) is 19.2 Å². The second-order valence-electron chi connectivity index (χ2n) is 9.61. The molecule has 6 atom stereocenters. The minimum atomic E-state index is -1.05. The lowest BCUT2D eigenvalue weighted by Crippen LogP contribution is -2.44. The van der Waals surface area contributed by atoms with Gasteiger partial charge in [0.15, 0.2) is 6.10 Å². The highest BCUT2D eigenvalue weighted by Crippen LogP contribution is 2.54. The molecule has 10 nitrogen and oxygen atoms in total. The first-order chi connectivity index (χ1) is 16.5. The highest BCUT2D eigenvalue weighted by Gasteiger charge is 2.67. The lowest BCUT2D eigenvalue weighted by Gasteiger charge is -2.33. The first kappa shape index (κ1) is 26.7. The zero-order valence-corrected chi connectivity index (χ0v) is 21.0. The van der Waals surface area contributed by atoms with Crippen LogP contribution in [0.25, 0.3) is 0 Å². The average Bonchev–Trinajstić information content (AvgIpc) is 3.50. The van der Waals surface area contributed by atoms with Gasteiger partial charge >= 0.3 is 23.9 Å². The van der Waals surface area contributed by atoms with Crippen molar-refractivity contribution < 1.29 is 47.6 Å². The first-order valence-electron chi connectivity index (χ1n) is 11.9. The highest BCUT2D eigenvalue weighted by atomic mass is 16.7. The summed E-state index contributed by atoms with van der Waals surface area (Å²) in [5.74, 6) is -2.86. The molecule has 35 heavy (non-hydrogen) atoms. The van der Waals surface area contributed by atoms with Gasteiger partial charge in [0.25, 0.3) is 6.29 Å². The number of ether oxygens (including phenoxy) is 6. The Labute approximate surface area is 204 Å². The van der Waals surface area contributed by atoms with E-state index in [2.05, 4.69) is 0 Å². The zero-order chi connectivity index (χ0) is 25.9. The third kappa shape index (κ3) is 6.04. The molecule has 10 heteroatoms. The predicted octanol–water partition coefficient (Wildman–Crippen LogP) is 2.59. The summed E-state index contributed by atoms with van der Waals surface area (Å²) < 4.78 is 33.2. The normalized spacial score (nSPS) is 28.1. The molecule has 0 N–H and O–H groups in total. The molecule has 2 heterocycles. The van der Waals surface area contributed by atoms with Crippen molar-refractivity contribution in [3.8, 4) is 0 Å². The fourth-order valence-electron chi connectivity index (χ4n) is 4.25. The summed E-state index contributed by atoms with van der Waals surface area (Å²) in [4.78, 5) is 48.2. The summed E-state index contributed by atoms with van der Waals surface area (Å²) in [5, 5.41) is 0. The number of carbonyl (C=O) groups excluding carboxylic acids is 4. The van der Waals surface area contributed by atoms with E-state index in [0.29, 0.717) is 11.1 Å². The molecule has 0 bridgehead atoms. The fourth-order valence-corrected chi connectivity index (χ4v) is 4.25. The first-order valence-corrected chi connectivity index (χ1v) is 11.9. The van der Waals surface area contributed by atoms with Crippen LogP contribution in [0, 0.1) is 17.8 Å². The Kier molecular flexibility index (Phi) is 8.25. The molecule has 1 saturated heterocycles.